The third kappa shape index (κ3) is 5.66. The molecule has 0 radical (unpaired) electrons. The zero-order valence-electron chi connectivity index (χ0n) is 17.2. The average Bonchev–Trinajstić information content (AvgIpc) is 2.79. The van der Waals surface area contributed by atoms with Gasteiger partial charge in [0.25, 0.3) is 5.91 Å². The standard InChI is InChI=1S/C25H27NO4/c1-18(24(28)26-17-16-19-10-4-2-5-11-19)30-25(29)22-15-9-8-14-21(22)23(27)20-12-6-3-7-13-20/h3,6-10,12-15,18H,2,4-5,11,16-17H2,1H3,(H,26,28)/t18-/m0/s1. The van der Waals surface area contributed by atoms with E-state index in [4.69, 9.17) is 4.74 Å². The Balaban J connectivity index is 1.59. The molecule has 5 nitrogen and oxygen atoms in total. The van der Waals surface area contributed by atoms with Crippen LogP contribution in [0.3, 0.4) is 0 Å². The van der Waals surface area contributed by atoms with Crippen molar-refractivity contribution in [3.05, 3.63) is 82.9 Å². The number of hydrogen-bond acceptors (Lipinski definition) is 4. The highest BCUT2D eigenvalue weighted by atomic mass is 16.5. The second kappa shape index (κ2) is 10.5. The van der Waals surface area contributed by atoms with Gasteiger partial charge in [0.15, 0.2) is 11.9 Å². The summed E-state index contributed by atoms with van der Waals surface area (Å²) in [5.41, 5.74) is 2.27. The normalized spacial score (nSPS) is 14.4. The Morgan fingerprint density at radius 2 is 1.67 bits per heavy atom. The van der Waals surface area contributed by atoms with Crippen molar-refractivity contribution in [2.24, 2.45) is 0 Å². The number of carbonyl (C=O) groups excluding carboxylic acids is 3. The summed E-state index contributed by atoms with van der Waals surface area (Å²) in [6.07, 6.45) is 6.76. The van der Waals surface area contributed by atoms with E-state index in [1.807, 2.05) is 6.07 Å². The number of rotatable bonds is 8. The van der Waals surface area contributed by atoms with Crippen LogP contribution in [0.4, 0.5) is 0 Å². The maximum absolute atomic E-state index is 12.8. The zero-order valence-corrected chi connectivity index (χ0v) is 17.2. The number of ketones is 1. The summed E-state index contributed by atoms with van der Waals surface area (Å²) < 4.78 is 5.35. The second-order valence-electron chi connectivity index (χ2n) is 7.44. The first-order valence-electron chi connectivity index (χ1n) is 10.4. The van der Waals surface area contributed by atoms with E-state index in [1.165, 1.54) is 25.3 Å². The largest absolute Gasteiger partial charge is 0.449 e. The molecule has 0 bridgehead atoms. The Morgan fingerprint density at radius 1 is 0.967 bits per heavy atom. The van der Waals surface area contributed by atoms with Gasteiger partial charge in [0.1, 0.15) is 0 Å². The summed E-state index contributed by atoms with van der Waals surface area (Å²) >= 11 is 0. The minimum Gasteiger partial charge on any atom is -0.449 e. The number of hydrogen-bond donors (Lipinski definition) is 1. The number of allylic oxidation sites excluding steroid dienone is 1. The van der Waals surface area contributed by atoms with E-state index >= 15 is 0 Å². The number of amides is 1. The van der Waals surface area contributed by atoms with Gasteiger partial charge in [-0.2, -0.15) is 0 Å². The number of carbonyl (C=O) groups is 3. The summed E-state index contributed by atoms with van der Waals surface area (Å²) in [4.78, 5) is 37.8. The van der Waals surface area contributed by atoms with Gasteiger partial charge in [0.05, 0.1) is 5.56 Å². The van der Waals surface area contributed by atoms with Crippen LogP contribution in [-0.4, -0.2) is 30.3 Å². The van der Waals surface area contributed by atoms with Crippen LogP contribution in [0, 0.1) is 0 Å². The molecule has 0 aliphatic heterocycles. The highest BCUT2D eigenvalue weighted by Crippen LogP contribution is 2.19. The summed E-state index contributed by atoms with van der Waals surface area (Å²) in [7, 11) is 0. The van der Waals surface area contributed by atoms with E-state index in [1.54, 1.807) is 48.5 Å². The molecule has 3 rings (SSSR count). The highest BCUT2D eigenvalue weighted by molar-refractivity contribution is 6.14. The Bertz CT molecular complexity index is 933. The molecule has 30 heavy (non-hydrogen) atoms. The van der Waals surface area contributed by atoms with Crippen molar-refractivity contribution in [2.75, 3.05) is 6.54 Å². The summed E-state index contributed by atoms with van der Waals surface area (Å²) in [5.74, 6) is -1.29. The molecule has 0 fully saturated rings. The molecule has 1 aliphatic carbocycles. The molecule has 0 spiro atoms. The van der Waals surface area contributed by atoms with Crippen LogP contribution in [-0.2, 0) is 9.53 Å². The van der Waals surface area contributed by atoms with Crippen LogP contribution in [0.15, 0.2) is 66.2 Å². The minimum atomic E-state index is -0.947. The fourth-order valence-electron chi connectivity index (χ4n) is 3.50. The molecule has 1 N–H and O–H groups in total. The van der Waals surface area contributed by atoms with Crippen molar-refractivity contribution in [2.45, 2.75) is 45.1 Å². The van der Waals surface area contributed by atoms with Gasteiger partial charge in [-0.3, -0.25) is 9.59 Å². The van der Waals surface area contributed by atoms with Crippen molar-refractivity contribution in [1.29, 1.82) is 0 Å². The monoisotopic (exact) mass is 405 g/mol. The maximum atomic E-state index is 12.8. The van der Waals surface area contributed by atoms with E-state index in [0.717, 1.165) is 19.3 Å². The SMILES string of the molecule is C[C@H](OC(=O)c1ccccc1C(=O)c1ccccc1)C(=O)NCCC1=CCCCC1. The number of benzene rings is 2. The van der Waals surface area contributed by atoms with Gasteiger partial charge in [-0.1, -0.05) is 60.2 Å². The van der Waals surface area contributed by atoms with E-state index in [-0.39, 0.29) is 22.8 Å². The van der Waals surface area contributed by atoms with Crippen molar-refractivity contribution in [3.8, 4) is 0 Å². The molecule has 5 heteroatoms. The Hall–Kier alpha value is -3.21. The highest BCUT2D eigenvalue weighted by Gasteiger charge is 2.23. The van der Waals surface area contributed by atoms with Crippen LogP contribution in [0.5, 0.6) is 0 Å². The van der Waals surface area contributed by atoms with Crippen molar-refractivity contribution in [1.82, 2.24) is 5.32 Å². The summed E-state index contributed by atoms with van der Waals surface area (Å²) in [5, 5.41) is 2.83. The van der Waals surface area contributed by atoms with Crippen LogP contribution in [0.1, 0.15) is 65.3 Å². The van der Waals surface area contributed by atoms with Crippen molar-refractivity contribution >= 4 is 17.7 Å². The van der Waals surface area contributed by atoms with Crippen LogP contribution in [0.25, 0.3) is 0 Å². The van der Waals surface area contributed by atoms with Gasteiger partial charge in [-0.15, -0.1) is 0 Å². The molecule has 2 aromatic rings. The lowest BCUT2D eigenvalue weighted by Crippen LogP contribution is -2.36. The third-order valence-corrected chi connectivity index (χ3v) is 5.21. The Labute approximate surface area is 177 Å². The number of ether oxygens (including phenoxy) is 1. The predicted octanol–water partition coefficient (Wildman–Crippen LogP) is 4.47. The zero-order chi connectivity index (χ0) is 21.3. The van der Waals surface area contributed by atoms with E-state index in [0.29, 0.717) is 12.1 Å². The molecule has 1 atom stereocenters. The number of esters is 1. The van der Waals surface area contributed by atoms with E-state index in [9.17, 15) is 14.4 Å². The molecular formula is C25H27NO4. The summed E-state index contributed by atoms with van der Waals surface area (Å²) in [6.45, 7) is 2.06. The van der Waals surface area contributed by atoms with Crippen molar-refractivity contribution in [3.63, 3.8) is 0 Å². The molecule has 0 saturated carbocycles. The Kier molecular flexibility index (Phi) is 7.55. The molecule has 0 unspecified atom stereocenters. The van der Waals surface area contributed by atoms with E-state index in [2.05, 4.69) is 11.4 Å². The first kappa shape index (κ1) is 21.5. The van der Waals surface area contributed by atoms with Gasteiger partial charge >= 0.3 is 5.97 Å². The van der Waals surface area contributed by atoms with Gasteiger partial charge in [0, 0.05) is 17.7 Å². The lowest BCUT2D eigenvalue weighted by Gasteiger charge is -2.16. The van der Waals surface area contributed by atoms with Crippen LogP contribution >= 0.6 is 0 Å². The van der Waals surface area contributed by atoms with Crippen LogP contribution in [0.2, 0.25) is 0 Å². The molecule has 0 heterocycles. The topological polar surface area (TPSA) is 72.5 Å². The molecule has 1 amide bonds. The first-order valence-corrected chi connectivity index (χ1v) is 10.4. The molecule has 0 aromatic heterocycles. The third-order valence-electron chi connectivity index (χ3n) is 5.21. The quantitative estimate of drug-likeness (QED) is 0.400. The molecule has 1 aliphatic rings. The van der Waals surface area contributed by atoms with Crippen molar-refractivity contribution < 1.29 is 19.1 Å². The molecule has 156 valence electrons. The fourth-order valence-corrected chi connectivity index (χ4v) is 3.50. The fraction of sp³-hybridized carbons (Fsp3) is 0.320. The lowest BCUT2D eigenvalue weighted by molar-refractivity contribution is -0.129. The van der Waals surface area contributed by atoms with Gasteiger partial charge in [-0.25, -0.2) is 4.79 Å². The maximum Gasteiger partial charge on any atom is 0.339 e. The smallest absolute Gasteiger partial charge is 0.339 e. The number of nitrogens with one attached hydrogen (secondary N) is 1. The summed E-state index contributed by atoms with van der Waals surface area (Å²) in [6, 6.07) is 15.2. The molecular weight excluding hydrogens is 378 g/mol. The van der Waals surface area contributed by atoms with E-state index < -0.39 is 12.1 Å². The minimum absolute atomic E-state index is 0.151. The predicted molar refractivity (Wildman–Crippen MR) is 115 cm³/mol. The first-order chi connectivity index (χ1) is 14.6. The lowest BCUT2D eigenvalue weighted by atomic mass is 9.97. The van der Waals surface area contributed by atoms with Gasteiger partial charge in [0.2, 0.25) is 0 Å². The average molecular weight is 405 g/mol. The van der Waals surface area contributed by atoms with Gasteiger partial charge < -0.3 is 10.1 Å². The molecule has 2 aromatic carbocycles. The second-order valence-corrected chi connectivity index (χ2v) is 7.44. The van der Waals surface area contributed by atoms with Crippen LogP contribution < -0.4 is 5.32 Å². The Morgan fingerprint density at radius 3 is 2.37 bits per heavy atom. The van der Waals surface area contributed by atoms with Gasteiger partial charge in [-0.05, 0) is 45.1 Å². The molecule has 0 saturated heterocycles.